The summed E-state index contributed by atoms with van der Waals surface area (Å²) in [5.74, 6) is 6.26. The second-order valence-corrected chi connectivity index (χ2v) is 9.87. The first-order chi connectivity index (χ1) is 18.8. The summed E-state index contributed by atoms with van der Waals surface area (Å²) in [5.41, 5.74) is 4.24. The predicted octanol–water partition coefficient (Wildman–Crippen LogP) is 3.47. The molecule has 2 heterocycles. The molecule has 8 nitrogen and oxygen atoms in total. The van der Waals surface area contributed by atoms with Gasteiger partial charge in [0, 0.05) is 25.0 Å². The zero-order chi connectivity index (χ0) is 27.8. The Labute approximate surface area is 230 Å². The molecule has 204 valence electrons. The van der Waals surface area contributed by atoms with Gasteiger partial charge >= 0.3 is 0 Å². The largest absolute Gasteiger partial charge is 0.497 e. The van der Waals surface area contributed by atoms with Gasteiger partial charge in [-0.05, 0) is 49.6 Å². The number of hydrogen-bond acceptors (Lipinski definition) is 5. The Morgan fingerprint density at radius 3 is 2.54 bits per heavy atom. The molecule has 0 radical (unpaired) electrons. The highest BCUT2D eigenvalue weighted by Crippen LogP contribution is 2.38. The van der Waals surface area contributed by atoms with E-state index in [4.69, 9.17) is 9.47 Å². The number of benzene rings is 2. The smallest absolute Gasteiger partial charge is 0.245 e. The number of nitrogens with one attached hydrogen (secondary N) is 2. The molecule has 2 aromatic carbocycles. The molecular formula is C31H36N4O4. The van der Waals surface area contributed by atoms with E-state index in [9.17, 15) is 9.59 Å². The molecule has 0 bridgehead atoms. The Morgan fingerprint density at radius 1 is 1.15 bits per heavy atom. The molecule has 0 aliphatic carbocycles. The van der Waals surface area contributed by atoms with Gasteiger partial charge < -0.3 is 24.7 Å². The lowest BCUT2D eigenvalue weighted by molar-refractivity contribution is -0.171. The highest BCUT2D eigenvalue weighted by atomic mass is 16.5. The Morgan fingerprint density at radius 2 is 1.90 bits per heavy atom. The van der Waals surface area contributed by atoms with E-state index < -0.39 is 11.6 Å². The van der Waals surface area contributed by atoms with E-state index in [1.807, 2.05) is 62.4 Å². The number of methoxy groups -OCH3 is 1. The number of aromatic nitrogens is 2. The second kappa shape index (κ2) is 12.6. The summed E-state index contributed by atoms with van der Waals surface area (Å²) in [6.07, 6.45) is 2.73. The number of H-pyrrole nitrogens is 1. The second-order valence-electron chi connectivity index (χ2n) is 9.87. The molecule has 1 atom stereocenters. The van der Waals surface area contributed by atoms with Gasteiger partial charge in [-0.15, -0.1) is 5.92 Å². The van der Waals surface area contributed by atoms with Crippen molar-refractivity contribution < 1.29 is 19.1 Å². The standard InChI is InChI=1S/C31H36N4O4/c1-5-6-17-39-31(26-10-8-7-9-22(26)2)19-35(20-31)30(37)28(18-24-11-13-25(38-4)14-12-24)34-29(36)16-15-27-23(3)32-21-33-27/h7-14,21,28H,15-20H2,1-4H3,(H,32,33)(H,34,36)/t28-/m1/s1. The van der Waals surface area contributed by atoms with Crippen molar-refractivity contribution in [1.82, 2.24) is 20.2 Å². The van der Waals surface area contributed by atoms with Crippen LogP contribution in [-0.2, 0) is 32.8 Å². The lowest BCUT2D eigenvalue weighted by Gasteiger charge is -2.51. The van der Waals surface area contributed by atoms with Crippen molar-refractivity contribution in [3.8, 4) is 17.6 Å². The highest BCUT2D eigenvalue weighted by Gasteiger charge is 2.49. The van der Waals surface area contributed by atoms with Gasteiger partial charge in [0.25, 0.3) is 0 Å². The molecule has 0 spiro atoms. The molecular weight excluding hydrogens is 492 g/mol. The average Bonchev–Trinajstić information content (AvgIpc) is 3.33. The monoisotopic (exact) mass is 528 g/mol. The summed E-state index contributed by atoms with van der Waals surface area (Å²) >= 11 is 0. The van der Waals surface area contributed by atoms with E-state index in [1.165, 1.54) is 0 Å². The van der Waals surface area contributed by atoms with Crippen molar-refractivity contribution in [3.05, 3.63) is 82.9 Å². The van der Waals surface area contributed by atoms with E-state index >= 15 is 0 Å². The number of rotatable bonds is 11. The predicted molar refractivity (Wildman–Crippen MR) is 149 cm³/mol. The Kier molecular flexibility index (Phi) is 9.05. The minimum atomic E-state index is -0.712. The maximum Gasteiger partial charge on any atom is 0.245 e. The van der Waals surface area contributed by atoms with Crippen molar-refractivity contribution in [1.29, 1.82) is 0 Å². The fourth-order valence-corrected chi connectivity index (χ4v) is 4.95. The van der Waals surface area contributed by atoms with Gasteiger partial charge in [-0.1, -0.05) is 42.3 Å². The number of carbonyl (C=O) groups is 2. The lowest BCUT2D eigenvalue weighted by Crippen LogP contribution is -2.66. The topological polar surface area (TPSA) is 96.6 Å². The van der Waals surface area contributed by atoms with Crippen molar-refractivity contribution in [2.75, 3.05) is 26.8 Å². The third kappa shape index (κ3) is 6.68. The molecule has 2 amide bonds. The molecule has 1 aliphatic rings. The number of likely N-dealkylation sites (tertiary alicyclic amines) is 1. The molecule has 1 saturated heterocycles. The molecule has 8 heteroatoms. The molecule has 39 heavy (non-hydrogen) atoms. The molecule has 2 N–H and O–H groups in total. The number of aromatic amines is 1. The number of amides is 2. The van der Waals surface area contributed by atoms with Crippen LogP contribution in [0.25, 0.3) is 0 Å². The van der Waals surface area contributed by atoms with E-state index in [-0.39, 0.29) is 24.8 Å². The fraction of sp³-hybridized carbons (Fsp3) is 0.387. The maximum atomic E-state index is 13.8. The lowest BCUT2D eigenvalue weighted by atomic mass is 9.82. The minimum absolute atomic E-state index is 0.135. The summed E-state index contributed by atoms with van der Waals surface area (Å²) in [7, 11) is 1.61. The molecule has 1 aliphatic heterocycles. The summed E-state index contributed by atoms with van der Waals surface area (Å²) in [4.78, 5) is 35.8. The Hall–Kier alpha value is -4.09. The fourth-order valence-electron chi connectivity index (χ4n) is 4.95. The molecule has 4 rings (SSSR count). The van der Waals surface area contributed by atoms with Gasteiger partial charge in [0.15, 0.2) is 0 Å². The number of imidazole rings is 1. The molecule has 1 aromatic heterocycles. The van der Waals surface area contributed by atoms with E-state index in [2.05, 4.69) is 27.1 Å². The van der Waals surface area contributed by atoms with E-state index in [0.29, 0.717) is 25.9 Å². The number of hydrogen-bond donors (Lipinski definition) is 2. The van der Waals surface area contributed by atoms with Crippen LogP contribution >= 0.6 is 0 Å². The summed E-state index contributed by atoms with van der Waals surface area (Å²) in [5, 5.41) is 2.99. The third-order valence-corrected chi connectivity index (χ3v) is 7.19. The van der Waals surface area contributed by atoms with Crippen molar-refractivity contribution in [2.24, 2.45) is 0 Å². The van der Waals surface area contributed by atoms with Crippen molar-refractivity contribution in [3.63, 3.8) is 0 Å². The van der Waals surface area contributed by atoms with Gasteiger partial charge in [0.05, 0.1) is 32.2 Å². The number of carbonyl (C=O) groups excluding carboxylic acids is 2. The SMILES string of the molecule is CC#CCOC1(c2ccccc2C)CN(C(=O)[C@@H](Cc2ccc(OC)cc2)NC(=O)CCc2nc[nH]c2C)C1. The van der Waals surface area contributed by atoms with Crippen LogP contribution in [-0.4, -0.2) is 59.5 Å². The van der Waals surface area contributed by atoms with Gasteiger partial charge in [0.2, 0.25) is 11.8 Å². The summed E-state index contributed by atoms with van der Waals surface area (Å²) < 4.78 is 11.5. The van der Waals surface area contributed by atoms with Crippen LogP contribution in [0.4, 0.5) is 0 Å². The first kappa shape index (κ1) is 27.9. The van der Waals surface area contributed by atoms with E-state index in [0.717, 1.165) is 33.8 Å². The van der Waals surface area contributed by atoms with Crippen LogP contribution < -0.4 is 10.1 Å². The van der Waals surface area contributed by atoms with Gasteiger partial charge in [-0.2, -0.15) is 0 Å². The average molecular weight is 529 g/mol. The number of aryl methyl sites for hydroxylation is 3. The summed E-state index contributed by atoms with van der Waals surface area (Å²) in [6, 6.07) is 14.9. The first-order valence-electron chi connectivity index (χ1n) is 13.1. The van der Waals surface area contributed by atoms with Gasteiger partial charge in [-0.3, -0.25) is 9.59 Å². The first-order valence-corrected chi connectivity index (χ1v) is 13.1. The van der Waals surface area contributed by atoms with Crippen LogP contribution in [0.3, 0.4) is 0 Å². The Balaban J connectivity index is 1.50. The zero-order valence-electron chi connectivity index (χ0n) is 23.0. The zero-order valence-corrected chi connectivity index (χ0v) is 23.0. The van der Waals surface area contributed by atoms with Crippen LogP contribution in [0.15, 0.2) is 54.9 Å². The maximum absolute atomic E-state index is 13.8. The quantitative estimate of drug-likeness (QED) is 0.372. The van der Waals surface area contributed by atoms with Crippen LogP contribution in [0.5, 0.6) is 5.75 Å². The van der Waals surface area contributed by atoms with E-state index in [1.54, 1.807) is 25.3 Å². The number of ether oxygens (including phenoxy) is 2. The van der Waals surface area contributed by atoms with Crippen LogP contribution in [0.2, 0.25) is 0 Å². The van der Waals surface area contributed by atoms with Crippen LogP contribution in [0, 0.1) is 25.7 Å². The molecule has 3 aromatic rings. The Bertz CT molecular complexity index is 1350. The summed E-state index contributed by atoms with van der Waals surface area (Å²) in [6.45, 7) is 6.82. The molecule has 0 saturated carbocycles. The van der Waals surface area contributed by atoms with Crippen LogP contribution in [0.1, 0.15) is 41.4 Å². The normalized spacial score (nSPS) is 14.5. The highest BCUT2D eigenvalue weighted by molar-refractivity contribution is 5.88. The number of nitrogens with zero attached hydrogens (tertiary/aromatic N) is 2. The minimum Gasteiger partial charge on any atom is -0.497 e. The molecule has 1 fully saturated rings. The van der Waals surface area contributed by atoms with Crippen molar-refractivity contribution >= 4 is 11.8 Å². The van der Waals surface area contributed by atoms with Gasteiger partial charge in [-0.25, -0.2) is 4.98 Å². The molecule has 0 unspecified atom stereocenters. The van der Waals surface area contributed by atoms with Gasteiger partial charge in [0.1, 0.15) is 24.0 Å². The van der Waals surface area contributed by atoms with Crippen molar-refractivity contribution in [2.45, 2.75) is 51.7 Å². The third-order valence-electron chi connectivity index (χ3n) is 7.19.